The Morgan fingerprint density at radius 2 is 2.06 bits per heavy atom. The first kappa shape index (κ1) is 14.6. The summed E-state index contributed by atoms with van der Waals surface area (Å²) in [6.45, 7) is 5.17. The second kappa shape index (κ2) is 8.57. The highest BCUT2D eigenvalue weighted by Gasteiger charge is 1.96. The lowest BCUT2D eigenvalue weighted by molar-refractivity contribution is 0.158. The van der Waals surface area contributed by atoms with Crippen LogP contribution in [0, 0.1) is 6.92 Å². The number of hydrogen-bond acceptors (Lipinski definition) is 1. The Kier molecular flexibility index (Phi) is 7.34. The van der Waals surface area contributed by atoms with Gasteiger partial charge < -0.3 is 4.74 Å². The van der Waals surface area contributed by atoms with Crippen molar-refractivity contribution >= 4 is 29.3 Å². The van der Waals surface area contributed by atoms with E-state index >= 15 is 0 Å². The number of ether oxygens (including phenoxy) is 1. The SMILES string of the molecule is [CH2]CCCCOC/C=C/c1ccc(Cl)cc1Cl. The van der Waals surface area contributed by atoms with Crippen molar-refractivity contribution in [2.45, 2.75) is 19.3 Å². The summed E-state index contributed by atoms with van der Waals surface area (Å²) in [7, 11) is 0. The van der Waals surface area contributed by atoms with E-state index in [0.717, 1.165) is 31.4 Å². The van der Waals surface area contributed by atoms with Gasteiger partial charge in [-0.15, -0.1) is 0 Å². The van der Waals surface area contributed by atoms with Crippen LogP contribution in [-0.4, -0.2) is 13.2 Å². The van der Waals surface area contributed by atoms with E-state index in [4.69, 9.17) is 27.9 Å². The average Bonchev–Trinajstić information content (AvgIpc) is 2.30. The summed E-state index contributed by atoms with van der Waals surface area (Å²) in [5, 5.41) is 1.31. The maximum absolute atomic E-state index is 6.03. The van der Waals surface area contributed by atoms with Gasteiger partial charge in [-0.3, -0.25) is 0 Å². The average molecular weight is 272 g/mol. The van der Waals surface area contributed by atoms with E-state index in [9.17, 15) is 0 Å². The Balaban J connectivity index is 2.28. The third kappa shape index (κ3) is 6.11. The molecule has 1 aromatic rings. The topological polar surface area (TPSA) is 9.23 Å². The van der Waals surface area contributed by atoms with Gasteiger partial charge in [-0.2, -0.15) is 0 Å². The Bertz CT molecular complexity index is 361. The molecule has 1 aromatic carbocycles. The fourth-order valence-corrected chi connectivity index (χ4v) is 1.82. The Morgan fingerprint density at radius 1 is 1.24 bits per heavy atom. The molecule has 0 aromatic heterocycles. The van der Waals surface area contributed by atoms with Gasteiger partial charge in [-0.05, 0) is 24.1 Å². The molecular formula is C14H17Cl2O. The molecule has 1 nitrogen and oxygen atoms in total. The molecule has 17 heavy (non-hydrogen) atoms. The van der Waals surface area contributed by atoms with Gasteiger partial charge in [-0.1, -0.05) is 61.2 Å². The first-order valence-electron chi connectivity index (χ1n) is 5.72. The Morgan fingerprint density at radius 3 is 2.76 bits per heavy atom. The molecule has 0 atom stereocenters. The summed E-state index contributed by atoms with van der Waals surface area (Å²) in [6.07, 6.45) is 7.06. The van der Waals surface area contributed by atoms with Crippen molar-refractivity contribution < 1.29 is 4.74 Å². The molecule has 0 fully saturated rings. The molecule has 93 valence electrons. The van der Waals surface area contributed by atoms with Crippen LogP contribution < -0.4 is 0 Å². The maximum Gasteiger partial charge on any atom is 0.0650 e. The van der Waals surface area contributed by atoms with Crippen molar-refractivity contribution in [3.8, 4) is 0 Å². The van der Waals surface area contributed by atoms with Crippen molar-refractivity contribution in [3.05, 3.63) is 46.8 Å². The molecular weight excluding hydrogens is 255 g/mol. The van der Waals surface area contributed by atoms with Gasteiger partial charge >= 0.3 is 0 Å². The zero-order chi connectivity index (χ0) is 12.5. The lowest BCUT2D eigenvalue weighted by Gasteiger charge is -2.00. The van der Waals surface area contributed by atoms with Crippen LogP contribution in [0.25, 0.3) is 6.08 Å². The summed E-state index contributed by atoms with van der Waals surface area (Å²) in [5.41, 5.74) is 0.956. The Labute approximate surface area is 113 Å². The Hall–Kier alpha value is -0.500. The minimum Gasteiger partial charge on any atom is -0.377 e. The third-order valence-corrected chi connectivity index (χ3v) is 2.83. The third-order valence-electron chi connectivity index (χ3n) is 2.26. The quantitative estimate of drug-likeness (QED) is 0.633. The van der Waals surface area contributed by atoms with Crippen LogP contribution >= 0.6 is 23.2 Å². The van der Waals surface area contributed by atoms with E-state index in [1.54, 1.807) is 6.07 Å². The molecule has 0 unspecified atom stereocenters. The van der Waals surface area contributed by atoms with Crippen LogP contribution in [0.2, 0.25) is 10.0 Å². The standard InChI is InChI=1S/C14H17Cl2O/c1-2-3-4-9-17-10-5-6-12-7-8-13(15)11-14(12)16/h5-8,11H,1-4,9-10H2/b6-5+. The predicted octanol–water partition coefficient (Wildman–Crippen LogP) is 5.03. The summed E-state index contributed by atoms with van der Waals surface area (Å²) >= 11 is 11.8. The van der Waals surface area contributed by atoms with Crippen molar-refractivity contribution in [2.75, 3.05) is 13.2 Å². The summed E-state index contributed by atoms with van der Waals surface area (Å²) < 4.78 is 5.44. The van der Waals surface area contributed by atoms with Gasteiger partial charge in [0.2, 0.25) is 0 Å². The number of benzene rings is 1. The second-order valence-corrected chi connectivity index (χ2v) is 4.55. The summed E-state index contributed by atoms with van der Waals surface area (Å²) in [5.74, 6) is 0. The molecule has 0 heterocycles. The largest absolute Gasteiger partial charge is 0.377 e. The first-order valence-corrected chi connectivity index (χ1v) is 6.48. The van der Waals surface area contributed by atoms with Crippen molar-refractivity contribution in [2.24, 2.45) is 0 Å². The fraction of sp³-hybridized carbons (Fsp3) is 0.357. The molecule has 0 spiro atoms. The molecule has 0 aliphatic heterocycles. The van der Waals surface area contributed by atoms with Crippen LogP contribution in [0.5, 0.6) is 0 Å². The van der Waals surface area contributed by atoms with E-state index in [1.807, 2.05) is 24.3 Å². The van der Waals surface area contributed by atoms with E-state index in [-0.39, 0.29) is 0 Å². The molecule has 1 rings (SSSR count). The zero-order valence-electron chi connectivity index (χ0n) is 9.79. The van der Waals surface area contributed by atoms with Crippen LogP contribution in [0.4, 0.5) is 0 Å². The molecule has 0 saturated heterocycles. The molecule has 0 amide bonds. The maximum atomic E-state index is 6.03. The van der Waals surface area contributed by atoms with Crippen molar-refractivity contribution in [1.82, 2.24) is 0 Å². The van der Waals surface area contributed by atoms with Gasteiger partial charge in [-0.25, -0.2) is 0 Å². The predicted molar refractivity (Wildman–Crippen MR) is 75.5 cm³/mol. The van der Waals surface area contributed by atoms with E-state index in [0.29, 0.717) is 16.7 Å². The van der Waals surface area contributed by atoms with Gasteiger partial charge in [0.05, 0.1) is 6.61 Å². The molecule has 3 heteroatoms. The molecule has 1 radical (unpaired) electrons. The van der Waals surface area contributed by atoms with Gasteiger partial charge in [0, 0.05) is 16.7 Å². The van der Waals surface area contributed by atoms with Gasteiger partial charge in [0.15, 0.2) is 0 Å². The van der Waals surface area contributed by atoms with E-state index in [1.165, 1.54) is 0 Å². The first-order chi connectivity index (χ1) is 8.24. The van der Waals surface area contributed by atoms with Gasteiger partial charge in [0.1, 0.15) is 0 Å². The van der Waals surface area contributed by atoms with Crippen LogP contribution in [-0.2, 0) is 4.74 Å². The molecule has 0 aliphatic rings. The highest BCUT2D eigenvalue weighted by atomic mass is 35.5. The van der Waals surface area contributed by atoms with Crippen LogP contribution in [0.3, 0.4) is 0 Å². The minimum absolute atomic E-state index is 0.607. The number of hydrogen-bond donors (Lipinski definition) is 0. The monoisotopic (exact) mass is 271 g/mol. The molecule has 0 N–H and O–H groups in total. The summed E-state index contributed by atoms with van der Waals surface area (Å²) in [4.78, 5) is 0. The van der Waals surface area contributed by atoms with E-state index < -0.39 is 0 Å². The molecule has 0 saturated carbocycles. The number of halogens is 2. The lowest BCUT2D eigenvalue weighted by atomic mass is 10.2. The zero-order valence-corrected chi connectivity index (χ0v) is 11.3. The molecule has 0 bridgehead atoms. The number of unbranched alkanes of at least 4 members (excludes halogenated alkanes) is 2. The lowest BCUT2D eigenvalue weighted by Crippen LogP contribution is -1.93. The second-order valence-electron chi connectivity index (χ2n) is 3.70. The normalized spacial score (nSPS) is 11.2. The summed E-state index contributed by atoms with van der Waals surface area (Å²) in [6, 6.07) is 5.45. The van der Waals surface area contributed by atoms with Crippen molar-refractivity contribution in [3.63, 3.8) is 0 Å². The fourth-order valence-electron chi connectivity index (χ4n) is 1.34. The highest BCUT2D eigenvalue weighted by molar-refractivity contribution is 6.35. The smallest absolute Gasteiger partial charge is 0.0650 e. The van der Waals surface area contributed by atoms with Crippen LogP contribution in [0.1, 0.15) is 24.8 Å². The van der Waals surface area contributed by atoms with Gasteiger partial charge in [0.25, 0.3) is 0 Å². The van der Waals surface area contributed by atoms with Crippen LogP contribution in [0.15, 0.2) is 24.3 Å². The number of rotatable bonds is 7. The minimum atomic E-state index is 0.607. The highest BCUT2D eigenvalue weighted by Crippen LogP contribution is 2.21. The molecule has 0 aliphatic carbocycles. The van der Waals surface area contributed by atoms with Crippen molar-refractivity contribution in [1.29, 1.82) is 0 Å². The van der Waals surface area contributed by atoms with E-state index in [2.05, 4.69) is 6.92 Å².